The van der Waals surface area contributed by atoms with Crippen LogP contribution >= 0.6 is 0 Å². The van der Waals surface area contributed by atoms with E-state index in [1.165, 1.54) is 0 Å². The van der Waals surface area contributed by atoms with Gasteiger partial charge in [0.25, 0.3) is 0 Å². The van der Waals surface area contributed by atoms with Crippen molar-refractivity contribution in [3.05, 3.63) is 0 Å². The molecule has 0 heterocycles. The van der Waals surface area contributed by atoms with Gasteiger partial charge in [0.15, 0.2) is 6.23 Å². The van der Waals surface area contributed by atoms with Crippen molar-refractivity contribution < 1.29 is 19.7 Å². The van der Waals surface area contributed by atoms with Gasteiger partial charge in [-0.05, 0) is 20.8 Å². The number of amides is 1. The Balaban J connectivity index is 3.75. The summed E-state index contributed by atoms with van der Waals surface area (Å²) in [6.07, 6.45) is -2.01. The summed E-state index contributed by atoms with van der Waals surface area (Å²) in [6.45, 7) is 4.59. The summed E-state index contributed by atoms with van der Waals surface area (Å²) in [6, 6.07) is 0. The number of aliphatic hydroxyl groups excluding tert-OH is 2. The minimum Gasteiger partial charge on any atom is -0.444 e. The minimum atomic E-state index is -1.26. The van der Waals surface area contributed by atoms with E-state index in [4.69, 9.17) is 14.9 Å². The summed E-state index contributed by atoms with van der Waals surface area (Å²) >= 11 is 0. The zero-order valence-electron chi connectivity index (χ0n) is 7.50. The summed E-state index contributed by atoms with van der Waals surface area (Å²) < 4.78 is 4.79. The van der Waals surface area contributed by atoms with Crippen molar-refractivity contribution in [2.75, 3.05) is 6.61 Å². The van der Waals surface area contributed by atoms with E-state index >= 15 is 0 Å². The molecule has 0 aromatic heterocycles. The van der Waals surface area contributed by atoms with E-state index < -0.39 is 24.5 Å². The predicted molar refractivity (Wildman–Crippen MR) is 42.5 cm³/mol. The van der Waals surface area contributed by atoms with Crippen LogP contribution in [0.25, 0.3) is 0 Å². The van der Waals surface area contributed by atoms with Gasteiger partial charge in [0.1, 0.15) is 5.60 Å². The summed E-state index contributed by atoms with van der Waals surface area (Å²) in [5.74, 6) is 0. The van der Waals surface area contributed by atoms with Crippen LogP contribution in [-0.2, 0) is 4.74 Å². The van der Waals surface area contributed by atoms with Crippen LogP contribution in [0.1, 0.15) is 20.8 Å². The third-order valence-electron chi connectivity index (χ3n) is 0.856. The first-order chi connectivity index (χ1) is 5.35. The average molecular weight is 177 g/mol. The molecule has 72 valence electrons. The van der Waals surface area contributed by atoms with Crippen molar-refractivity contribution in [2.45, 2.75) is 32.6 Å². The fourth-order valence-corrected chi connectivity index (χ4v) is 0.489. The minimum absolute atomic E-state index is 0.529. The fraction of sp³-hybridized carbons (Fsp3) is 0.857. The molecule has 0 aromatic rings. The van der Waals surface area contributed by atoms with Gasteiger partial charge >= 0.3 is 6.09 Å². The smallest absolute Gasteiger partial charge is 0.409 e. The second-order valence-corrected chi connectivity index (χ2v) is 3.34. The monoisotopic (exact) mass is 177 g/mol. The fourth-order valence-electron chi connectivity index (χ4n) is 0.489. The lowest BCUT2D eigenvalue weighted by Gasteiger charge is -2.20. The third-order valence-corrected chi connectivity index (χ3v) is 0.856. The molecule has 0 aromatic carbocycles. The molecule has 1 amide bonds. The van der Waals surface area contributed by atoms with Crippen LogP contribution in [-0.4, -0.2) is 34.7 Å². The molecule has 0 aliphatic carbocycles. The van der Waals surface area contributed by atoms with Gasteiger partial charge in [-0.25, -0.2) is 4.79 Å². The second-order valence-electron chi connectivity index (χ2n) is 3.34. The van der Waals surface area contributed by atoms with E-state index in [9.17, 15) is 4.79 Å². The zero-order valence-corrected chi connectivity index (χ0v) is 7.50. The van der Waals surface area contributed by atoms with E-state index in [0.717, 1.165) is 0 Å². The lowest BCUT2D eigenvalue weighted by molar-refractivity contribution is 0.0222. The van der Waals surface area contributed by atoms with E-state index in [0.29, 0.717) is 0 Å². The lowest BCUT2D eigenvalue weighted by atomic mass is 10.2. The number of aliphatic hydroxyl groups is 2. The molecule has 0 spiro atoms. The lowest BCUT2D eigenvalue weighted by Crippen LogP contribution is -2.40. The highest BCUT2D eigenvalue weighted by Gasteiger charge is 2.17. The maximum absolute atomic E-state index is 10.8. The molecule has 0 rings (SSSR count). The molecule has 0 aliphatic rings. The molecular weight excluding hydrogens is 162 g/mol. The Morgan fingerprint density at radius 3 is 2.42 bits per heavy atom. The van der Waals surface area contributed by atoms with Crippen molar-refractivity contribution in [3.63, 3.8) is 0 Å². The quantitative estimate of drug-likeness (QED) is 0.511. The molecular formula is C7H15NO4. The van der Waals surface area contributed by atoms with Crippen molar-refractivity contribution in [2.24, 2.45) is 0 Å². The van der Waals surface area contributed by atoms with Gasteiger partial charge in [-0.15, -0.1) is 0 Å². The zero-order chi connectivity index (χ0) is 9.78. The van der Waals surface area contributed by atoms with E-state index in [1.807, 2.05) is 5.32 Å². The van der Waals surface area contributed by atoms with Crippen LogP contribution in [0, 0.1) is 0 Å². The summed E-state index contributed by atoms with van der Waals surface area (Å²) in [7, 11) is 0. The third kappa shape index (κ3) is 5.94. The standard InChI is InChI=1S/C7H15NO4/c1-7(2,3)12-6(11)8-5(10)4-9/h5,9-10H,4H2,1-3H3,(H,8,11)/t5-/m1/s1. The Morgan fingerprint density at radius 2 is 2.08 bits per heavy atom. The number of ether oxygens (including phenoxy) is 1. The molecule has 0 saturated carbocycles. The first-order valence-corrected chi connectivity index (χ1v) is 3.63. The van der Waals surface area contributed by atoms with Gasteiger partial charge in [0.2, 0.25) is 0 Å². The summed E-state index contributed by atoms with van der Waals surface area (Å²) in [5.41, 5.74) is -0.598. The van der Waals surface area contributed by atoms with Crippen LogP contribution in [0.4, 0.5) is 4.79 Å². The van der Waals surface area contributed by atoms with Crippen LogP contribution in [0.2, 0.25) is 0 Å². The van der Waals surface area contributed by atoms with E-state index in [-0.39, 0.29) is 0 Å². The Hall–Kier alpha value is -0.810. The van der Waals surface area contributed by atoms with Gasteiger partial charge in [-0.2, -0.15) is 0 Å². The van der Waals surface area contributed by atoms with Crippen LogP contribution in [0.15, 0.2) is 0 Å². The SMILES string of the molecule is CC(C)(C)OC(=O)N[C@H](O)CO. The maximum Gasteiger partial charge on any atom is 0.409 e. The first kappa shape index (κ1) is 11.2. The molecule has 1 atom stereocenters. The van der Waals surface area contributed by atoms with Crippen molar-refractivity contribution >= 4 is 6.09 Å². The molecule has 0 unspecified atom stereocenters. The molecule has 12 heavy (non-hydrogen) atoms. The molecule has 0 bridgehead atoms. The second kappa shape index (κ2) is 4.27. The molecule has 0 radical (unpaired) electrons. The normalized spacial score (nSPS) is 13.8. The van der Waals surface area contributed by atoms with Crippen molar-refractivity contribution in [1.29, 1.82) is 0 Å². The van der Waals surface area contributed by atoms with Gasteiger partial charge in [-0.1, -0.05) is 0 Å². The number of carbonyl (C=O) groups is 1. The van der Waals surface area contributed by atoms with Crippen LogP contribution in [0.5, 0.6) is 0 Å². The van der Waals surface area contributed by atoms with Crippen molar-refractivity contribution in [1.82, 2.24) is 5.32 Å². The molecule has 5 heteroatoms. The number of hydrogen-bond acceptors (Lipinski definition) is 4. The summed E-state index contributed by atoms with van der Waals surface area (Å²) in [5, 5.41) is 19.2. The highest BCUT2D eigenvalue weighted by Crippen LogP contribution is 2.06. The Morgan fingerprint density at radius 1 is 1.58 bits per heavy atom. The van der Waals surface area contributed by atoms with E-state index in [1.54, 1.807) is 20.8 Å². The average Bonchev–Trinajstić information content (AvgIpc) is 1.82. The molecule has 0 fully saturated rings. The predicted octanol–water partition coefficient (Wildman–Crippen LogP) is -0.178. The Bertz CT molecular complexity index is 152. The largest absolute Gasteiger partial charge is 0.444 e. The maximum atomic E-state index is 10.8. The van der Waals surface area contributed by atoms with Gasteiger partial charge < -0.3 is 14.9 Å². The summed E-state index contributed by atoms with van der Waals surface area (Å²) in [4.78, 5) is 10.8. The van der Waals surface area contributed by atoms with Crippen molar-refractivity contribution in [3.8, 4) is 0 Å². The molecule has 5 nitrogen and oxygen atoms in total. The topological polar surface area (TPSA) is 78.8 Å². The first-order valence-electron chi connectivity index (χ1n) is 3.63. The number of rotatable bonds is 2. The van der Waals surface area contributed by atoms with E-state index in [2.05, 4.69) is 0 Å². The van der Waals surface area contributed by atoms with Gasteiger partial charge in [0, 0.05) is 0 Å². The Labute approximate surface area is 71.3 Å². The van der Waals surface area contributed by atoms with Gasteiger partial charge in [0.05, 0.1) is 6.61 Å². The van der Waals surface area contributed by atoms with Gasteiger partial charge in [-0.3, -0.25) is 5.32 Å². The highest BCUT2D eigenvalue weighted by atomic mass is 16.6. The number of hydrogen-bond donors (Lipinski definition) is 3. The highest BCUT2D eigenvalue weighted by molar-refractivity contribution is 5.67. The van der Waals surface area contributed by atoms with Crippen LogP contribution in [0.3, 0.4) is 0 Å². The number of alkyl carbamates (subject to hydrolysis) is 1. The number of nitrogens with one attached hydrogen (secondary N) is 1. The molecule has 0 saturated heterocycles. The molecule has 3 N–H and O–H groups in total. The Kier molecular flexibility index (Phi) is 3.99. The molecule has 0 aliphatic heterocycles. The van der Waals surface area contributed by atoms with Crippen LogP contribution < -0.4 is 5.32 Å². The number of carbonyl (C=O) groups excluding carboxylic acids is 1.